The van der Waals surface area contributed by atoms with Crippen molar-refractivity contribution in [2.45, 2.75) is 27.4 Å². The van der Waals surface area contributed by atoms with Gasteiger partial charge in [0, 0.05) is 37.1 Å². The fourth-order valence-corrected chi connectivity index (χ4v) is 2.88. The lowest BCUT2D eigenvalue weighted by molar-refractivity contribution is 0.302. The molecule has 27 heavy (non-hydrogen) atoms. The van der Waals surface area contributed by atoms with Crippen molar-refractivity contribution in [3.8, 4) is 5.75 Å². The number of aliphatic imine (C=N–C) groups is 1. The van der Waals surface area contributed by atoms with Gasteiger partial charge in [0.2, 0.25) is 0 Å². The van der Waals surface area contributed by atoms with Crippen LogP contribution in [-0.4, -0.2) is 20.3 Å². The molecule has 0 aliphatic rings. The minimum atomic E-state index is -0.280. The molecule has 0 aromatic heterocycles. The lowest BCUT2D eigenvalue weighted by Gasteiger charge is -2.20. The third kappa shape index (κ3) is 4.65. The fraction of sp³-hybridized carbons (Fsp3) is 0.286. The predicted molar refractivity (Wildman–Crippen MR) is 111 cm³/mol. The number of aryl methyl sites for hydroxylation is 2. The number of anilines is 1. The molecule has 6 heteroatoms. The van der Waals surface area contributed by atoms with E-state index in [1.807, 2.05) is 26.0 Å². The van der Waals surface area contributed by atoms with Crippen LogP contribution < -0.4 is 21.3 Å². The van der Waals surface area contributed by atoms with Gasteiger partial charge in [-0.05, 0) is 67.8 Å². The van der Waals surface area contributed by atoms with E-state index >= 15 is 0 Å². The van der Waals surface area contributed by atoms with Crippen LogP contribution in [0.1, 0.15) is 27.8 Å². The third-order valence-corrected chi connectivity index (χ3v) is 4.50. The first kappa shape index (κ1) is 20.5. The van der Waals surface area contributed by atoms with Gasteiger partial charge in [0.05, 0.1) is 5.69 Å². The van der Waals surface area contributed by atoms with Gasteiger partial charge >= 0.3 is 0 Å². The molecular weight excluding hydrogens is 343 g/mol. The summed E-state index contributed by atoms with van der Waals surface area (Å²) in [6.45, 7) is 5.86. The Balaban J connectivity index is 2.33. The van der Waals surface area contributed by atoms with Crippen LogP contribution in [0, 0.1) is 26.6 Å². The zero-order chi connectivity index (χ0) is 20.1. The molecule has 0 bridgehead atoms. The Morgan fingerprint density at radius 1 is 1.22 bits per heavy atom. The summed E-state index contributed by atoms with van der Waals surface area (Å²) in [7, 11) is 3.41. The zero-order valence-electron chi connectivity index (χ0n) is 16.5. The average Bonchev–Trinajstić information content (AvgIpc) is 2.62. The molecule has 2 rings (SSSR count). The molecule has 0 heterocycles. The lowest BCUT2D eigenvalue weighted by Crippen LogP contribution is -2.27. The monoisotopic (exact) mass is 370 g/mol. The second-order valence-electron chi connectivity index (χ2n) is 6.53. The summed E-state index contributed by atoms with van der Waals surface area (Å²) >= 11 is 0. The predicted octanol–water partition coefficient (Wildman–Crippen LogP) is 3.64. The molecule has 0 amide bonds. The summed E-state index contributed by atoms with van der Waals surface area (Å²) < 4.78 is 20.0. The third-order valence-electron chi connectivity index (χ3n) is 4.50. The number of hydrazine groups is 1. The molecule has 0 aliphatic heterocycles. The zero-order valence-corrected chi connectivity index (χ0v) is 16.5. The van der Waals surface area contributed by atoms with Crippen LogP contribution in [-0.2, 0) is 6.61 Å². The molecule has 0 fully saturated rings. The molecule has 0 atom stereocenters. The Kier molecular flexibility index (Phi) is 6.58. The van der Waals surface area contributed by atoms with E-state index in [0.29, 0.717) is 11.3 Å². The molecule has 2 aromatic carbocycles. The van der Waals surface area contributed by atoms with Gasteiger partial charge < -0.3 is 15.5 Å². The smallest absolute Gasteiger partial charge is 0.126 e. The highest BCUT2D eigenvalue weighted by Crippen LogP contribution is 2.29. The van der Waals surface area contributed by atoms with Crippen molar-refractivity contribution < 1.29 is 9.13 Å². The Bertz CT molecular complexity index is 888. The van der Waals surface area contributed by atoms with E-state index in [2.05, 4.69) is 4.99 Å². The van der Waals surface area contributed by atoms with Gasteiger partial charge in [-0.2, -0.15) is 0 Å². The second kappa shape index (κ2) is 8.68. The average molecular weight is 370 g/mol. The topological polar surface area (TPSA) is 76.9 Å². The SMILES string of the molecule is CN=CC=C(N)c1cc(C)c(OCc2c(N(C)N)ccc(F)c2C)cc1C. The van der Waals surface area contributed by atoms with Crippen LogP contribution >= 0.6 is 0 Å². The maximum atomic E-state index is 14.0. The minimum Gasteiger partial charge on any atom is -0.489 e. The Morgan fingerprint density at radius 2 is 1.93 bits per heavy atom. The van der Waals surface area contributed by atoms with E-state index in [-0.39, 0.29) is 12.4 Å². The van der Waals surface area contributed by atoms with Crippen LogP contribution in [0.3, 0.4) is 0 Å². The lowest BCUT2D eigenvalue weighted by atomic mass is 10.0. The molecular formula is C21H27FN4O. The number of allylic oxidation sites excluding steroid dienone is 1. The highest BCUT2D eigenvalue weighted by atomic mass is 19.1. The van der Waals surface area contributed by atoms with Crippen LogP contribution in [0.4, 0.5) is 10.1 Å². The quantitative estimate of drug-likeness (QED) is 0.462. The van der Waals surface area contributed by atoms with Crippen LogP contribution in [0.5, 0.6) is 5.75 Å². The molecule has 5 nitrogen and oxygen atoms in total. The maximum absolute atomic E-state index is 14.0. The number of rotatable bonds is 6. The van der Waals surface area contributed by atoms with Crippen molar-refractivity contribution in [3.05, 3.63) is 64.0 Å². The summed E-state index contributed by atoms with van der Waals surface area (Å²) in [4.78, 5) is 3.92. The number of benzene rings is 2. The number of halogens is 1. The van der Waals surface area contributed by atoms with Crippen molar-refractivity contribution in [1.29, 1.82) is 0 Å². The Labute approximate surface area is 160 Å². The van der Waals surface area contributed by atoms with Crippen molar-refractivity contribution in [3.63, 3.8) is 0 Å². The summed E-state index contributed by atoms with van der Waals surface area (Å²) in [5, 5.41) is 1.47. The summed E-state index contributed by atoms with van der Waals surface area (Å²) in [6, 6.07) is 6.99. The van der Waals surface area contributed by atoms with Gasteiger partial charge in [0.1, 0.15) is 18.2 Å². The van der Waals surface area contributed by atoms with E-state index in [0.717, 1.165) is 33.7 Å². The fourth-order valence-electron chi connectivity index (χ4n) is 2.88. The van der Waals surface area contributed by atoms with E-state index in [9.17, 15) is 4.39 Å². The van der Waals surface area contributed by atoms with Gasteiger partial charge in [-0.1, -0.05) is 0 Å². The van der Waals surface area contributed by atoms with Crippen LogP contribution in [0.2, 0.25) is 0 Å². The molecule has 144 valence electrons. The van der Waals surface area contributed by atoms with E-state index < -0.39 is 0 Å². The van der Waals surface area contributed by atoms with Crippen LogP contribution in [0.25, 0.3) is 5.70 Å². The van der Waals surface area contributed by atoms with E-state index in [4.69, 9.17) is 16.3 Å². The molecule has 2 aromatic rings. The number of hydrogen-bond acceptors (Lipinski definition) is 5. The van der Waals surface area contributed by atoms with Gasteiger partial charge in [-0.15, -0.1) is 0 Å². The van der Waals surface area contributed by atoms with Crippen molar-refractivity contribution in [2.24, 2.45) is 16.6 Å². The Morgan fingerprint density at radius 3 is 2.56 bits per heavy atom. The molecule has 0 saturated heterocycles. The number of nitrogens with two attached hydrogens (primary N) is 2. The molecule has 0 radical (unpaired) electrons. The van der Waals surface area contributed by atoms with Gasteiger partial charge in [-0.3, -0.25) is 4.99 Å². The van der Waals surface area contributed by atoms with Gasteiger partial charge in [-0.25, -0.2) is 10.2 Å². The molecule has 4 N–H and O–H groups in total. The van der Waals surface area contributed by atoms with E-state index in [1.165, 1.54) is 11.1 Å². The largest absolute Gasteiger partial charge is 0.489 e. The first-order valence-electron chi connectivity index (χ1n) is 8.65. The minimum absolute atomic E-state index is 0.216. The molecule has 0 aliphatic carbocycles. The van der Waals surface area contributed by atoms with Gasteiger partial charge in [0.15, 0.2) is 0 Å². The highest BCUT2D eigenvalue weighted by Gasteiger charge is 2.14. The molecule has 0 unspecified atom stereocenters. The molecule has 0 saturated carbocycles. The number of ether oxygens (including phenoxy) is 1. The standard InChI is InChI=1S/C21H27FN4O/c1-13-11-21(14(2)10-16(13)19(23)8-9-25-4)27-12-17-15(3)18(22)6-7-20(17)26(5)24/h6-11H,12,23-24H2,1-5H3. The number of hydrogen-bond donors (Lipinski definition) is 2. The maximum Gasteiger partial charge on any atom is 0.126 e. The normalized spacial score (nSPS) is 11.9. The summed E-state index contributed by atoms with van der Waals surface area (Å²) in [5.41, 5.74) is 11.6. The van der Waals surface area contributed by atoms with Gasteiger partial charge in [0.25, 0.3) is 0 Å². The van der Waals surface area contributed by atoms with Crippen molar-refractivity contribution in [2.75, 3.05) is 19.1 Å². The number of nitrogens with zero attached hydrogens (tertiary/aromatic N) is 2. The Hall–Kier alpha value is -2.86. The highest BCUT2D eigenvalue weighted by molar-refractivity contribution is 5.84. The second-order valence-corrected chi connectivity index (χ2v) is 6.53. The van der Waals surface area contributed by atoms with E-state index in [1.54, 1.807) is 39.4 Å². The van der Waals surface area contributed by atoms with Crippen LogP contribution in [0.15, 0.2) is 35.3 Å². The first-order valence-corrected chi connectivity index (χ1v) is 8.65. The first-order chi connectivity index (χ1) is 12.8. The summed E-state index contributed by atoms with van der Waals surface area (Å²) in [5.74, 6) is 6.32. The van der Waals surface area contributed by atoms with Crippen molar-refractivity contribution >= 4 is 17.6 Å². The van der Waals surface area contributed by atoms with Crippen molar-refractivity contribution in [1.82, 2.24) is 0 Å². The summed E-state index contributed by atoms with van der Waals surface area (Å²) in [6.07, 6.45) is 3.42. The molecule has 0 spiro atoms.